The molecular formula is C13H13N5. The van der Waals surface area contributed by atoms with Gasteiger partial charge in [-0.3, -0.25) is 5.10 Å². The van der Waals surface area contributed by atoms with Gasteiger partial charge in [0.2, 0.25) is 0 Å². The second kappa shape index (κ2) is 4.12. The van der Waals surface area contributed by atoms with Gasteiger partial charge in [0.15, 0.2) is 11.5 Å². The maximum atomic E-state index is 5.77. The van der Waals surface area contributed by atoms with Crippen molar-refractivity contribution in [3.8, 4) is 11.1 Å². The van der Waals surface area contributed by atoms with Crippen LogP contribution in [0.3, 0.4) is 0 Å². The number of H-pyrrole nitrogens is 1. The van der Waals surface area contributed by atoms with Crippen LogP contribution in [0.5, 0.6) is 0 Å². The zero-order chi connectivity index (χ0) is 12.5. The first kappa shape index (κ1) is 10.7. The molecule has 0 atom stereocenters. The Morgan fingerprint density at radius 3 is 2.61 bits per heavy atom. The lowest BCUT2D eigenvalue weighted by atomic mass is 10.0. The monoisotopic (exact) mass is 239 g/mol. The molecule has 0 spiro atoms. The maximum Gasteiger partial charge on any atom is 0.157 e. The highest BCUT2D eigenvalue weighted by atomic mass is 15.2. The number of fused-ring (bicyclic) bond motifs is 1. The summed E-state index contributed by atoms with van der Waals surface area (Å²) in [5.74, 6) is 0.470. The molecule has 0 amide bonds. The quantitative estimate of drug-likeness (QED) is 0.634. The van der Waals surface area contributed by atoms with Crippen molar-refractivity contribution in [2.75, 3.05) is 5.73 Å². The number of pyridine rings is 1. The lowest BCUT2D eigenvalue weighted by Gasteiger charge is -2.03. The van der Waals surface area contributed by atoms with E-state index in [2.05, 4.69) is 15.2 Å². The summed E-state index contributed by atoms with van der Waals surface area (Å²) in [6.45, 7) is 0.548. The first-order chi connectivity index (χ1) is 8.78. The zero-order valence-corrected chi connectivity index (χ0v) is 9.72. The summed E-state index contributed by atoms with van der Waals surface area (Å²) >= 11 is 0. The third-order valence-corrected chi connectivity index (χ3v) is 2.97. The van der Waals surface area contributed by atoms with Crippen molar-refractivity contribution in [3.05, 3.63) is 42.1 Å². The van der Waals surface area contributed by atoms with E-state index < -0.39 is 0 Å². The Bertz CT molecular complexity index is 684. The molecule has 5 heteroatoms. The number of nitrogen functional groups attached to an aromatic ring is 1. The molecule has 0 fully saturated rings. The number of nitrogens with one attached hydrogen (secondary N) is 1. The number of anilines is 1. The molecule has 0 saturated heterocycles. The minimum atomic E-state index is 0.470. The van der Waals surface area contributed by atoms with Crippen LogP contribution in [0.4, 0.5) is 5.82 Å². The summed E-state index contributed by atoms with van der Waals surface area (Å²) in [6.07, 6.45) is 1.80. The summed E-state index contributed by atoms with van der Waals surface area (Å²) in [5, 5.41) is 7.56. The second-order valence-corrected chi connectivity index (χ2v) is 4.13. The Balaban J connectivity index is 2.09. The molecule has 0 aliphatic carbocycles. The molecule has 5 nitrogen and oxygen atoms in total. The molecular weight excluding hydrogens is 226 g/mol. The standard InChI is InChI=1S/C13H13N5/c14-6-8-1-3-9(4-2-8)10-5-11-12(15)17-18-13(11)16-7-10/h1-5,7H,6,14H2,(H3,15,16,17,18). The highest BCUT2D eigenvalue weighted by Crippen LogP contribution is 2.24. The zero-order valence-electron chi connectivity index (χ0n) is 9.72. The highest BCUT2D eigenvalue weighted by molar-refractivity contribution is 5.89. The van der Waals surface area contributed by atoms with Crippen molar-refractivity contribution in [3.63, 3.8) is 0 Å². The SMILES string of the molecule is NCc1ccc(-c2cnc3[nH]nc(N)c3c2)cc1. The van der Waals surface area contributed by atoms with E-state index in [1.54, 1.807) is 6.20 Å². The molecule has 3 rings (SSSR count). The normalized spacial score (nSPS) is 10.9. The van der Waals surface area contributed by atoms with Crippen molar-refractivity contribution in [2.24, 2.45) is 5.73 Å². The van der Waals surface area contributed by atoms with E-state index in [-0.39, 0.29) is 0 Å². The van der Waals surface area contributed by atoms with E-state index in [4.69, 9.17) is 11.5 Å². The third-order valence-electron chi connectivity index (χ3n) is 2.97. The van der Waals surface area contributed by atoms with Crippen LogP contribution in [0.15, 0.2) is 36.5 Å². The molecule has 0 bridgehead atoms. The van der Waals surface area contributed by atoms with Crippen LogP contribution < -0.4 is 11.5 Å². The Hall–Kier alpha value is -2.40. The van der Waals surface area contributed by atoms with Gasteiger partial charge in [-0.25, -0.2) is 4.98 Å². The molecule has 0 unspecified atom stereocenters. The summed E-state index contributed by atoms with van der Waals surface area (Å²) < 4.78 is 0. The van der Waals surface area contributed by atoms with Crippen molar-refractivity contribution >= 4 is 16.9 Å². The Kier molecular flexibility index (Phi) is 2.46. The van der Waals surface area contributed by atoms with Crippen molar-refractivity contribution in [2.45, 2.75) is 6.54 Å². The molecule has 0 saturated carbocycles. The van der Waals surface area contributed by atoms with E-state index in [1.807, 2.05) is 30.3 Å². The van der Waals surface area contributed by atoms with Crippen LogP contribution in [0.2, 0.25) is 0 Å². The van der Waals surface area contributed by atoms with Crippen LogP contribution >= 0.6 is 0 Å². The molecule has 0 aliphatic rings. The topological polar surface area (TPSA) is 93.6 Å². The maximum absolute atomic E-state index is 5.77. The fourth-order valence-electron chi connectivity index (χ4n) is 1.91. The molecule has 1 aromatic carbocycles. The minimum absolute atomic E-state index is 0.470. The number of hydrogen-bond donors (Lipinski definition) is 3. The summed E-state index contributed by atoms with van der Waals surface area (Å²) in [4.78, 5) is 4.30. The Morgan fingerprint density at radius 2 is 1.89 bits per heavy atom. The van der Waals surface area contributed by atoms with Gasteiger partial charge in [0.05, 0.1) is 5.39 Å². The first-order valence-electron chi connectivity index (χ1n) is 5.67. The predicted octanol–water partition coefficient (Wildman–Crippen LogP) is 1.67. The van der Waals surface area contributed by atoms with Crippen molar-refractivity contribution in [1.29, 1.82) is 0 Å². The first-order valence-corrected chi connectivity index (χ1v) is 5.67. The number of aromatic nitrogens is 3. The van der Waals surface area contributed by atoms with Gasteiger partial charge in [-0.2, -0.15) is 5.10 Å². The minimum Gasteiger partial charge on any atom is -0.382 e. The largest absolute Gasteiger partial charge is 0.382 e. The lowest BCUT2D eigenvalue weighted by molar-refractivity contribution is 1.07. The van der Waals surface area contributed by atoms with Gasteiger partial charge >= 0.3 is 0 Å². The number of nitrogens with zero attached hydrogens (tertiary/aromatic N) is 2. The van der Waals surface area contributed by atoms with Gasteiger partial charge in [-0.15, -0.1) is 0 Å². The van der Waals surface area contributed by atoms with E-state index in [0.717, 1.165) is 22.1 Å². The Morgan fingerprint density at radius 1 is 1.11 bits per heavy atom. The van der Waals surface area contributed by atoms with E-state index >= 15 is 0 Å². The molecule has 5 N–H and O–H groups in total. The fourth-order valence-corrected chi connectivity index (χ4v) is 1.91. The second-order valence-electron chi connectivity index (χ2n) is 4.13. The molecule has 0 radical (unpaired) electrons. The van der Waals surface area contributed by atoms with Crippen LogP contribution in [0, 0.1) is 0 Å². The van der Waals surface area contributed by atoms with E-state index in [0.29, 0.717) is 18.0 Å². The Labute approximate surface area is 104 Å². The summed E-state index contributed by atoms with van der Waals surface area (Å²) in [7, 11) is 0. The van der Waals surface area contributed by atoms with Gasteiger partial charge in [0, 0.05) is 18.3 Å². The molecule has 0 aliphatic heterocycles. The van der Waals surface area contributed by atoms with Crippen LogP contribution in [0.25, 0.3) is 22.2 Å². The molecule has 2 aromatic heterocycles. The van der Waals surface area contributed by atoms with E-state index in [1.165, 1.54) is 0 Å². The third kappa shape index (κ3) is 1.70. The van der Waals surface area contributed by atoms with Crippen LogP contribution in [0.1, 0.15) is 5.56 Å². The van der Waals surface area contributed by atoms with Gasteiger partial charge in [-0.1, -0.05) is 24.3 Å². The van der Waals surface area contributed by atoms with Crippen LogP contribution in [-0.2, 0) is 6.54 Å². The number of aromatic amines is 1. The molecule has 90 valence electrons. The van der Waals surface area contributed by atoms with Gasteiger partial charge in [0.25, 0.3) is 0 Å². The number of rotatable bonds is 2. The van der Waals surface area contributed by atoms with Gasteiger partial charge < -0.3 is 11.5 Å². The van der Waals surface area contributed by atoms with Crippen LogP contribution in [-0.4, -0.2) is 15.2 Å². The summed E-state index contributed by atoms with van der Waals surface area (Å²) in [5.41, 5.74) is 15.3. The molecule has 2 heterocycles. The number of hydrogen-bond acceptors (Lipinski definition) is 4. The summed E-state index contributed by atoms with van der Waals surface area (Å²) in [6, 6.07) is 10.1. The molecule has 3 aromatic rings. The van der Waals surface area contributed by atoms with Gasteiger partial charge in [0.1, 0.15) is 0 Å². The smallest absolute Gasteiger partial charge is 0.157 e. The highest BCUT2D eigenvalue weighted by Gasteiger charge is 2.05. The average Bonchev–Trinajstić information content (AvgIpc) is 2.80. The predicted molar refractivity (Wildman–Crippen MR) is 71.6 cm³/mol. The molecule has 18 heavy (non-hydrogen) atoms. The van der Waals surface area contributed by atoms with Crippen molar-refractivity contribution < 1.29 is 0 Å². The van der Waals surface area contributed by atoms with Gasteiger partial charge in [-0.05, 0) is 17.2 Å². The van der Waals surface area contributed by atoms with E-state index in [9.17, 15) is 0 Å². The van der Waals surface area contributed by atoms with Crippen molar-refractivity contribution in [1.82, 2.24) is 15.2 Å². The fraction of sp³-hybridized carbons (Fsp3) is 0.0769. The number of nitrogens with two attached hydrogens (primary N) is 2. The average molecular weight is 239 g/mol. The lowest BCUT2D eigenvalue weighted by Crippen LogP contribution is -1.95. The number of benzene rings is 1.